The molecule has 0 aromatic heterocycles. The number of esters is 1. The molecular weight excluding hydrogens is 200 g/mol. The smallest absolute Gasteiger partial charge is 0.307 e. The highest BCUT2D eigenvalue weighted by atomic mass is 16.5. The largest absolute Gasteiger partial charge is 0.435 e. The molecule has 0 atom stereocenters. The van der Waals surface area contributed by atoms with E-state index in [2.05, 4.69) is 32.9 Å². The maximum atomic E-state index is 10.5. The van der Waals surface area contributed by atoms with Crippen molar-refractivity contribution in [1.29, 1.82) is 0 Å². The molecule has 0 bridgehead atoms. The van der Waals surface area contributed by atoms with Crippen LogP contribution >= 0.6 is 0 Å². The van der Waals surface area contributed by atoms with Gasteiger partial charge in [-0.1, -0.05) is 45.0 Å². The Hall–Kier alpha value is -1.57. The third-order valence-electron chi connectivity index (χ3n) is 2.27. The second-order valence-corrected chi connectivity index (χ2v) is 4.78. The van der Waals surface area contributed by atoms with Gasteiger partial charge in [-0.05, 0) is 22.6 Å². The number of rotatable bonds is 2. The second-order valence-electron chi connectivity index (χ2n) is 4.78. The SMILES string of the molecule is CC(=O)O/C=C/c1ccc(C(C)(C)C)cc1. The van der Waals surface area contributed by atoms with Crippen molar-refractivity contribution in [1.82, 2.24) is 0 Å². The maximum absolute atomic E-state index is 10.5. The summed E-state index contributed by atoms with van der Waals surface area (Å²) in [4.78, 5) is 10.5. The molecule has 0 saturated carbocycles. The fourth-order valence-corrected chi connectivity index (χ4v) is 1.30. The topological polar surface area (TPSA) is 26.3 Å². The molecule has 0 unspecified atom stereocenters. The minimum absolute atomic E-state index is 0.165. The second kappa shape index (κ2) is 4.97. The van der Waals surface area contributed by atoms with Crippen LogP contribution in [0.1, 0.15) is 38.8 Å². The number of hydrogen-bond donors (Lipinski definition) is 0. The van der Waals surface area contributed by atoms with Crippen molar-refractivity contribution in [2.45, 2.75) is 33.1 Å². The van der Waals surface area contributed by atoms with Gasteiger partial charge in [0.1, 0.15) is 0 Å². The lowest BCUT2D eigenvalue weighted by atomic mass is 9.87. The highest BCUT2D eigenvalue weighted by Crippen LogP contribution is 2.22. The molecule has 1 rings (SSSR count). The maximum Gasteiger partial charge on any atom is 0.307 e. The van der Waals surface area contributed by atoms with Crippen LogP contribution in [0.15, 0.2) is 30.5 Å². The first-order valence-corrected chi connectivity index (χ1v) is 5.34. The normalized spacial score (nSPS) is 11.8. The van der Waals surface area contributed by atoms with Gasteiger partial charge in [0.15, 0.2) is 0 Å². The predicted octanol–water partition coefficient (Wildman–Crippen LogP) is 3.52. The Labute approximate surface area is 96.9 Å². The van der Waals surface area contributed by atoms with Crippen molar-refractivity contribution in [2.24, 2.45) is 0 Å². The molecule has 0 amide bonds. The highest BCUT2D eigenvalue weighted by Gasteiger charge is 2.12. The van der Waals surface area contributed by atoms with Gasteiger partial charge >= 0.3 is 5.97 Å². The molecule has 0 N–H and O–H groups in total. The van der Waals surface area contributed by atoms with Crippen LogP contribution < -0.4 is 0 Å². The zero-order valence-electron chi connectivity index (χ0n) is 10.3. The molecule has 0 spiro atoms. The van der Waals surface area contributed by atoms with Gasteiger partial charge in [0, 0.05) is 6.92 Å². The van der Waals surface area contributed by atoms with Gasteiger partial charge < -0.3 is 4.74 Å². The summed E-state index contributed by atoms with van der Waals surface area (Å²) in [5, 5.41) is 0. The molecule has 16 heavy (non-hydrogen) atoms. The fraction of sp³-hybridized carbons (Fsp3) is 0.357. The van der Waals surface area contributed by atoms with Crippen LogP contribution in [-0.4, -0.2) is 5.97 Å². The quantitative estimate of drug-likeness (QED) is 0.561. The Balaban J connectivity index is 2.72. The Morgan fingerprint density at radius 2 is 1.75 bits per heavy atom. The summed E-state index contributed by atoms with van der Waals surface area (Å²) in [7, 11) is 0. The summed E-state index contributed by atoms with van der Waals surface area (Å²) in [6, 6.07) is 8.21. The first-order chi connectivity index (χ1) is 7.39. The summed E-state index contributed by atoms with van der Waals surface area (Å²) in [5.41, 5.74) is 2.48. The highest BCUT2D eigenvalue weighted by molar-refractivity contribution is 5.67. The van der Waals surface area contributed by atoms with Crippen LogP contribution in [0.25, 0.3) is 6.08 Å². The first kappa shape index (κ1) is 12.5. The van der Waals surface area contributed by atoms with E-state index in [9.17, 15) is 4.79 Å². The van der Waals surface area contributed by atoms with Gasteiger partial charge in [-0.25, -0.2) is 0 Å². The minimum Gasteiger partial charge on any atom is -0.435 e. The van der Waals surface area contributed by atoms with Crippen LogP contribution in [0.5, 0.6) is 0 Å². The monoisotopic (exact) mass is 218 g/mol. The van der Waals surface area contributed by atoms with Crippen molar-refractivity contribution < 1.29 is 9.53 Å². The van der Waals surface area contributed by atoms with E-state index in [1.165, 1.54) is 18.7 Å². The standard InChI is InChI=1S/C14H18O2/c1-11(15)16-10-9-12-5-7-13(8-6-12)14(2,3)4/h5-10H,1-4H3/b10-9+. The van der Waals surface area contributed by atoms with Gasteiger partial charge in [0.05, 0.1) is 6.26 Å². The van der Waals surface area contributed by atoms with E-state index in [1.807, 2.05) is 12.1 Å². The molecule has 1 aromatic carbocycles. The predicted molar refractivity (Wildman–Crippen MR) is 65.9 cm³/mol. The average molecular weight is 218 g/mol. The summed E-state index contributed by atoms with van der Waals surface area (Å²) in [6.07, 6.45) is 3.18. The average Bonchev–Trinajstić information content (AvgIpc) is 2.16. The van der Waals surface area contributed by atoms with Gasteiger partial charge in [-0.2, -0.15) is 0 Å². The first-order valence-electron chi connectivity index (χ1n) is 5.34. The lowest BCUT2D eigenvalue weighted by Crippen LogP contribution is -2.10. The Bertz CT molecular complexity index is 380. The number of benzene rings is 1. The fourth-order valence-electron chi connectivity index (χ4n) is 1.30. The van der Waals surface area contributed by atoms with E-state index in [0.29, 0.717) is 0 Å². The Kier molecular flexibility index (Phi) is 3.88. The van der Waals surface area contributed by atoms with Crippen LogP contribution in [0, 0.1) is 0 Å². The van der Waals surface area contributed by atoms with Crippen LogP contribution in [0.2, 0.25) is 0 Å². The zero-order chi connectivity index (χ0) is 12.2. The van der Waals surface area contributed by atoms with Crippen molar-refractivity contribution in [3.8, 4) is 0 Å². The van der Waals surface area contributed by atoms with Gasteiger partial charge in [0.25, 0.3) is 0 Å². The Morgan fingerprint density at radius 3 is 2.19 bits per heavy atom. The number of carbonyl (C=O) groups excluding carboxylic acids is 1. The third-order valence-corrected chi connectivity index (χ3v) is 2.27. The Morgan fingerprint density at radius 1 is 1.19 bits per heavy atom. The van der Waals surface area contributed by atoms with Gasteiger partial charge in [-0.3, -0.25) is 4.79 Å². The van der Waals surface area contributed by atoms with Gasteiger partial charge in [0.2, 0.25) is 0 Å². The molecule has 0 aliphatic carbocycles. The van der Waals surface area contributed by atoms with Crippen molar-refractivity contribution >= 4 is 12.0 Å². The molecule has 2 heteroatoms. The van der Waals surface area contributed by atoms with Crippen molar-refractivity contribution in [3.05, 3.63) is 41.7 Å². The minimum atomic E-state index is -0.303. The van der Waals surface area contributed by atoms with E-state index < -0.39 is 0 Å². The molecule has 1 aromatic rings. The lowest BCUT2D eigenvalue weighted by Gasteiger charge is -2.18. The molecule has 0 aliphatic rings. The molecule has 2 nitrogen and oxygen atoms in total. The molecule has 86 valence electrons. The van der Waals surface area contributed by atoms with Gasteiger partial charge in [-0.15, -0.1) is 0 Å². The molecule has 0 fully saturated rings. The summed E-state index contributed by atoms with van der Waals surface area (Å²) < 4.78 is 4.72. The summed E-state index contributed by atoms with van der Waals surface area (Å²) in [5.74, 6) is -0.303. The van der Waals surface area contributed by atoms with E-state index in [1.54, 1.807) is 6.08 Å². The van der Waals surface area contributed by atoms with E-state index in [4.69, 9.17) is 4.74 Å². The van der Waals surface area contributed by atoms with Crippen molar-refractivity contribution in [3.63, 3.8) is 0 Å². The van der Waals surface area contributed by atoms with Crippen LogP contribution in [0.3, 0.4) is 0 Å². The van der Waals surface area contributed by atoms with Crippen molar-refractivity contribution in [2.75, 3.05) is 0 Å². The van der Waals surface area contributed by atoms with E-state index in [-0.39, 0.29) is 11.4 Å². The molecule has 0 radical (unpaired) electrons. The summed E-state index contributed by atoms with van der Waals surface area (Å²) >= 11 is 0. The van der Waals surface area contributed by atoms with Crippen LogP contribution in [0.4, 0.5) is 0 Å². The number of hydrogen-bond acceptors (Lipinski definition) is 2. The van der Waals surface area contributed by atoms with E-state index >= 15 is 0 Å². The molecular formula is C14H18O2. The lowest BCUT2D eigenvalue weighted by molar-refractivity contribution is -0.135. The number of carbonyl (C=O) groups is 1. The molecule has 0 heterocycles. The third kappa shape index (κ3) is 3.89. The molecule has 0 aliphatic heterocycles. The van der Waals surface area contributed by atoms with E-state index in [0.717, 1.165) is 5.56 Å². The van der Waals surface area contributed by atoms with Crippen LogP contribution in [-0.2, 0) is 14.9 Å². The zero-order valence-corrected chi connectivity index (χ0v) is 10.3. The molecule has 0 saturated heterocycles. The number of ether oxygens (including phenoxy) is 1. The summed E-state index contributed by atoms with van der Waals surface area (Å²) in [6.45, 7) is 7.91.